The fourth-order valence-electron chi connectivity index (χ4n) is 4.12. The van der Waals surface area contributed by atoms with Gasteiger partial charge in [-0.3, -0.25) is 4.79 Å². The van der Waals surface area contributed by atoms with E-state index in [-0.39, 0.29) is 11.9 Å². The zero-order valence-corrected chi connectivity index (χ0v) is 17.7. The highest BCUT2D eigenvalue weighted by atomic mass is 32.2. The van der Waals surface area contributed by atoms with Crippen molar-refractivity contribution < 1.29 is 4.79 Å². The number of aromatic nitrogens is 5. The van der Waals surface area contributed by atoms with Crippen LogP contribution in [0.15, 0.2) is 53.7 Å². The summed E-state index contributed by atoms with van der Waals surface area (Å²) in [4.78, 5) is 26.5. The second-order valence-corrected chi connectivity index (χ2v) is 8.32. The summed E-state index contributed by atoms with van der Waals surface area (Å²) in [6, 6.07) is 11.8. The summed E-state index contributed by atoms with van der Waals surface area (Å²) in [7, 11) is 0. The molecule has 0 bridgehead atoms. The smallest absolute Gasteiger partial charge is 0.256 e. The maximum Gasteiger partial charge on any atom is 0.256 e. The molecular weight excluding hydrogens is 396 g/mol. The molecule has 7 nitrogen and oxygen atoms in total. The molecule has 1 amide bonds. The Morgan fingerprint density at radius 2 is 2.03 bits per heavy atom. The summed E-state index contributed by atoms with van der Waals surface area (Å²) < 4.78 is 0. The average molecular weight is 419 g/mol. The number of H-pyrrole nitrogens is 1. The number of carbonyl (C=O) groups excluding carboxylic acids is 1. The highest BCUT2D eigenvalue weighted by Gasteiger charge is 2.34. The molecule has 1 aliphatic rings. The van der Waals surface area contributed by atoms with Gasteiger partial charge in [0.05, 0.1) is 35.2 Å². The second-order valence-electron chi connectivity index (χ2n) is 7.47. The fourth-order valence-corrected chi connectivity index (χ4v) is 4.69. The van der Waals surface area contributed by atoms with Crippen molar-refractivity contribution in [3.05, 3.63) is 65.7 Å². The molecule has 1 atom stereocenters. The second kappa shape index (κ2) is 7.60. The summed E-state index contributed by atoms with van der Waals surface area (Å²) in [5.41, 5.74) is 4.33. The molecule has 1 saturated heterocycles. The molecule has 1 unspecified atom stereocenters. The van der Waals surface area contributed by atoms with Gasteiger partial charge in [-0.1, -0.05) is 12.1 Å². The number of fused-ring (bicyclic) bond motifs is 1. The number of hydrogen-bond donors (Lipinski definition) is 1. The highest BCUT2D eigenvalue weighted by Crippen LogP contribution is 2.35. The predicted octanol–water partition coefficient (Wildman–Crippen LogP) is 4.15. The first-order valence-corrected chi connectivity index (χ1v) is 11.2. The molecule has 4 aromatic rings. The van der Waals surface area contributed by atoms with Gasteiger partial charge in [0.25, 0.3) is 5.91 Å². The van der Waals surface area contributed by atoms with Gasteiger partial charge in [-0.05, 0) is 55.9 Å². The number of thioether (sulfide) groups is 1. The van der Waals surface area contributed by atoms with E-state index in [1.807, 2.05) is 42.2 Å². The Balaban J connectivity index is 1.53. The first-order valence-electron chi connectivity index (χ1n) is 9.96. The van der Waals surface area contributed by atoms with Gasteiger partial charge in [0.15, 0.2) is 0 Å². The number of amides is 1. The number of likely N-dealkylation sites (tertiary alicyclic amines) is 1. The fraction of sp³-hybridized carbons (Fsp3) is 0.273. The topological polar surface area (TPSA) is 79.7 Å². The number of hydrogen-bond acceptors (Lipinski definition) is 5. The lowest BCUT2D eigenvalue weighted by atomic mass is 10.1. The number of aromatic amines is 1. The van der Waals surface area contributed by atoms with Crippen LogP contribution >= 0.6 is 11.8 Å². The third-order valence-corrected chi connectivity index (χ3v) is 6.33. The van der Waals surface area contributed by atoms with Gasteiger partial charge in [0, 0.05) is 11.4 Å². The maximum atomic E-state index is 13.6. The SMILES string of the molecule is CSc1cccc2[nH]c(C3CCCN3C(=O)c3ccc(C)cc3-n3nccn3)nc12. The minimum absolute atomic E-state index is 0.0182. The van der Waals surface area contributed by atoms with Crippen molar-refractivity contribution >= 4 is 28.7 Å². The van der Waals surface area contributed by atoms with E-state index in [0.717, 1.165) is 40.2 Å². The molecule has 5 rings (SSSR count). The Kier molecular flexibility index (Phi) is 4.78. The van der Waals surface area contributed by atoms with Crippen LogP contribution in [0.25, 0.3) is 16.7 Å². The van der Waals surface area contributed by atoms with Crippen molar-refractivity contribution in [1.29, 1.82) is 0 Å². The van der Waals surface area contributed by atoms with Crippen LogP contribution < -0.4 is 0 Å². The molecular formula is C22H22N6OS. The van der Waals surface area contributed by atoms with E-state index in [9.17, 15) is 4.79 Å². The molecule has 0 radical (unpaired) electrons. The van der Waals surface area contributed by atoms with E-state index in [2.05, 4.69) is 27.5 Å². The van der Waals surface area contributed by atoms with Crippen LogP contribution in [0.3, 0.4) is 0 Å². The van der Waals surface area contributed by atoms with Gasteiger partial charge < -0.3 is 9.88 Å². The maximum absolute atomic E-state index is 13.6. The molecule has 3 heterocycles. The van der Waals surface area contributed by atoms with E-state index >= 15 is 0 Å². The quantitative estimate of drug-likeness (QED) is 0.504. The normalized spacial score (nSPS) is 16.5. The molecule has 0 spiro atoms. The van der Waals surface area contributed by atoms with E-state index in [0.29, 0.717) is 17.8 Å². The standard InChI is InChI=1S/C22H22N6OS/c1-14-8-9-15(18(13-14)28-23-10-11-24-28)22(29)27-12-4-6-17(27)21-25-16-5-3-7-19(30-2)20(16)26-21/h3,5,7-11,13,17H,4,6,12H2,1-2H3,(H,25,26). The zero-order valence-electron chi connectivity index (χ0n) is 16.9. The lowest BCUT2D eigenvalue weighted by Gasteiger charge is -2.24. The van der Waals surface area contributed by atoms with Crippen molar-refractivity contribution in [3.63, 3.8) is 0 Å². The molecule has 8 heteroatoms. The van der Waals surface area contributed by atoms with Crippen LogP contribution in [0, 0.1) is 6.92 Å². The van der Waals surface area contributed by atoms with Crippen molar-refractivity contribution in [1.82, 2.24) is 29.9 Å². The largest absolute Gasteiger partial charge is 0.340 e. The molecule has 0 aliphatic carbocycles. The number of para-hydroxylation sites is 1. The highest BCUT2D eigenvalue weighted by molar-refractivity contribution is 7.98. The number of carbonyl (C=O) groups is 1. The van der Waals surface area contributed by atoms with Gasteiger partial charge in [-0.25, -0.2) is 4.98 Å². The van der Waals surface area contributed by atoms with Gasteiger partial charge >= 0.3 is 0 Å². The molecule has 1 fully saturated rings. The first kappa shape index (κ1) is 18.9. The molecule has 1 aliphatic heterocycles. The minimum atomic E-state index is -0.0701. The van der Waals surface area contributed by atoms with Crippen molar-refractivity contribution in [2.45, 2.75) is 30.7 Å². The van der Waals surface area contributed by atoms with Crippen molar-refractivity contribution in [3.8, 4) is 5.69 Å². The number of benzene rings is 2. The third kappa shape index (κ3) is 3.17. The van der Waals surface area contributed by atoms with Crippen molar-refractivity contribution in [2.24, 2.45) is 0 Å². The molecule has 30 heavy (non-hydrogen) atoms. The average Bonchev–Trinajstić information content (AvgIpc) is 3.52. The Hall–Kier alpha value is -3.13. The van der Waals surface area contributed by atoms with Crippen LogP contribution in [0.5, 0.6) is 0 Å². The summed E-state index contributed by atoms with van der Waals surface area (Å²) in [5.74, 6) is 0.832. The summed E-state index contributed by atoms with van der Waals surface area (Å²) >= 11 is 1.68. The van der Waals surface area contributed by atoms with Crippen LogP contribution in [0.4, 0.5) is 0 Å². The number of aryl methyl sites for hydroxylation is 1. The summed E-state index contributed by atoms with van der Waals surface area (Å²) in [5, 5.41) is 8.47. The lowest BCUT2D eigenvalue weighted by molar-refractivity contribution is 0.0730. The van der Waals surface area contributed by atoms with Gasteiger partial charge in [-0.2, -0.15) is 15.0 Å². The Labute approximate surface area is 178 Å². The Morgan fingerprint density at radius 3 is 2.83 bits per heavy atom. The van der Waals surface area contributed by atoms with E-state index < -0.39 is 0 Å². The van der Waals surface area contributed by atoms with Gasteiger partial charge in [-0.15, -0.1) is 11.8 Å². The third-order valence-electron chi connectivity index (χ3n) is 5.56. The van der Waals surface area contributed by atoms with Crippen LogP contribution in [0.2, 0.25) is 0 Å². The summed E-state index contributed by atoms with van der Waals surface area (Å²) in [6.07, 6.45) is 7.13. The Morgan fingerprint density at radius 1 is 1.20 bits per heavy atom. The van der Waals surface area contributed by atoms with Crippen LogP contribution in [-0.4, -0.2) is 48.6 Å². The molecule has 1 N–H and O–H groups in total. The Bertz CT molecular complexity index is 1220. The first-order chi connectivity index (χ1) is 14.7. The minimum Gasteiger partial charge on any atom is -0.340 e. The van der Waals surface area contributed by atoms with E-state index in [1.165, 1.54) is 4.80 Å². The number of rotatable bonds is 4. The predicted molar refractivity (Wildman–Crippen MR) is 117 cm³/mol. The number of nitrogens with one attached hydrogen (secondary N) is 1. The van der Waals surface area contributed by atoms with Crippen LogP contribution in [-0.2, 0) is 0 Å². The summed E-state index contributed by atoms with van der Waals surface area (Å²) in [6.45, 7) is 2.70. The van der Waals surface area contributed by atoms with Gasteiger partial charge in [0.2, 0.25) is 0 Å². The molecule has 2 aromatic heterocycles. The molecule has 152 valence electrons. The van der Waals surface area contributed by atoms with Crippen LogP contribution in [0.1, 0.15) is 40.6 Å². The number of nitrogens with zero attached hydrogens (tertiary/aromatic N) is 5. The zero-order chi connectivity index (χ0) is 20.7. The molecule has 0 saturated carbocycles. The lowest BCUT2D eigenvalue weighted by Crippen LogP contribution is -2.32. The number of imidazole rings is 1. The van der Waals surface area contributed by atoms with E-state index in [1.54, 1.807) is 24.2 Å². The molecule has 2 aromatic carbocycles. The monoisotopic (exact) mass is 418 g/mol. The van der Waals surface area contributed by atoms with Gasteiger partial charge in [0.1, 0.15) is 11.3 Å². The van der Waals surface area contributed by atoms with E-state index in [4.69, 9.17) is 4.98 Å². The van der Waals surface area contributed by atoms with Crippen molar-refractivity contribution in [2.75, 3.05) is 12.8 Å².